The van der Waals surface area contributed by atoms with E-state index in [4.69, 9.17) is 4.79 Å². The van der Waals surface area contributed by atoms with Gasteiger partial charge in [-0.3, -0.25) is 4.79 Å². The normalized spacial score (nSPS) is 22.7. The summed E-state index contributed by atoms with van der Waals surface area (Å²) in [5, 5.41) is 3.21. The molecular formula is C6H13NO2. The number of hydrogen-bond acceptors (Lipinski definition) is 3. The summed E-state index contributed by atoms with van der Waals surface area (Å²) in [6.45, 7) is 3.81. The van der Waals surface area contributed by atoms with E-state index in [2.05, 4.69) is 17.0 Å². The second kappa shape index (κ2) is 5.56. The highest BCUT2D eigenvalue weighted by molar-refractivity contribution is 5.36. The van der Waals surface area contributed by atoms with Gasteiger partial charge in [-0.05, 0) is 19.9 Å². The molecule has 3 heteroatoms. The smallest absolute Gasteiger partial charge is 0.292 e. The molecule has 0 aromatic rings. The summed E-state index contributed by atoms with van der Waals surface area (Å²) in [7, 11) is 1.31. The Hall–Kier alpha value is -0.570. The van der Waals surface area contributed by atoms with E-state index in [1.165, 1.54) is 20.1 Å². The van der Waals surface area contributed by atoms with Crippen molar-refractivity contribution in [1.82, 2.24) is 5.32 Å². The summed E-state index contributed by atoms with van der Waals surface area (Å²) in [6.07, 6.45) is 1.38. The molecule has 3 nitrogen and oxygen atoms in total. The number of nitrogens with one attached hydrogen (secondary N) is 1. The van der Waals surface area contributed by atoms with Gasteiger partial charge < -0.3 is 10.1 Å². The second-order valence-corrected chi connectivity index (χ2v) is 1.98. The summed E-state index contributed by atoms with van der Waals surface area (Å²) in [5.41, 5.74) is 0. The number of hydrogen-bond donors (Lipinski definition) is 1. The molecule has 0 aromatic heterocycles. The Labute approximate surface area is 55.4 Å². The van der Waals surface area contributed by atoms with Crippen molar-refractivity contribution in [2.24, 2.45) is 0 Å². The molecule has 0 radical (unpaired) electrons. The maximum atomic E-state index is 8.95. The monoisotopic (exact) mass is 131 g/mol. The molecule has 0 spiro atoms. The van der Waals surface area contributed by atoms with Crippen LogP contribution < -0.4 is 5.32 Å². The van der Waals surface area contributed by atoms with Crippen molar-refractivity contribution < 1.29 is 9.53 Å². The first-order chi connectivity index (χ1) is 4.31. The Morgan fingerprint density at radius 1 is 1.78 bits per heavy atom. The van der Waals surface area contributed by atoms with Gasteiger partial charge in [-0.15, -0.1) is 0 Å². The minimum absolute atomic E-state index is 0.375. The van der Waals surface area contributed by atoms with Gasteiger partial charge in [0.05, 0.1) is 7.11 Å². The Bertz CT molecular complexity index is 71.5. The molecule has 1 heterocycles. The van der Waals surface area contributed by atoms with E-state index in [9.17, 15) is 0 Å². The summed E-state index contributed by atoms with van der Waals surface area (Å²) in [4.78, 5) is 8.95. The van der Waals surface area contributed by atoms with E-state index in [-0.39, 0.29) is 0 Å². The quantitative estimate of drug-likeness (QED) is 0.515. The molecule has 1 fully saturated rings. The maximum absolute atomic E-state index is 8.95. The van der Waals surface area contributed by atoms with Crippen LogP contribution in [0.4, 0.5) is 0 Å². The van der Waals surface area contributed by atoms with Gasteiger partial charge in [0.15, 0.2) is 0 Å². The van der Waals surface area contributed by atoms with Gasteiger partial charge in [0.25, 0.3) is 6.47 Å². The number of methoxy groups -OCH3 is 1. The molecule has 1 rings (SSSR count). The standard InChI is InChI=1S/C4H9N.C2H4O2/c1-4-2-3-5-4;1-4-2-3/h4-5H,2-3H2,1H3;2H,1H3. The van der Waals surface area contributed by atoms with E-state index < -0.39 is 0 Å². The van der Waals surface area contributed by atoms with E-state index >= 15 is 0 Å². The Morgan fingerprint density at radius 2 is 2.11 bits per heavy atom. The first-order valence-corrected chi connectivity index (χ1v) is 3.01. The minimum atomic E-state index is 0.375. The molecule has 1 N–H and O–H groups in total. The number of rotatable bonds is 1. The van der Waals surface area contributed by atoms with Crippen LogP contribution in [0.15, 0.2) is 0 Å². The molecule has 0 saturated carbocycles. The Kier molecular flexibility index (Phi) is 5.21. The molecule has 0 aromatic carbocycles. The van der Waals surface area contributed by atoms with Crippen LogP contribution in [-0.2, 0) is 9.53 Å². The highest BCUT2D eigenvalue weighted by Gasteiger charge is 2.07. The predicted octanol–water partition coefficient (Wildman–Crippen LogP) is 0.157. The SMILES string of the molecule is CC1CCN1.COC=O. The van der Waals surface area contributed by atoms with Crippen molar-refractivity contribution in [3.63, 3.8) is 0 Å². The van der Waals surface area contributed by atoms with Crippen molar-refractivity contribution in [1.29, 1.82) is 0 Å². The van der Waals surface area contributed by atoms with E-state index in [1.54, 1.807) is 0 Å². The van der Waals surface area contributed by atoms with Crippen LogP contribution >= 0.6 is 0 Å². The lowest BCUT2D eigenvalue weighted by Gasteiger charge is -2.22. The zero-order chi connectivity index (χ0) is 7.11. The summed E-state index contributed by atoms with van der Waals surface area (Å²) in [6, 6.07) is 0.815. The lowest BCUT2D eigenvalue weighted by atomic mass is 10.1. The second-order valence-electron chi connectivity index (χ2n) is 1.98. The summed E-state index contributed by atoms with van der Waals surface area (Å²) in [5.74, 6) is 0. The fraction of sp³-hybridized carbons (Fsp3) is 0.833. The fourth-order valence-corrected chi connectivity index (χ4v) is 0.433. The first kappa shape index (κ1) is 8.43. The molecule has 1 unspecified atom stereocenters. The highest BCUT2D eigenvalue weighted by atomic mass is 16.5. The lowest BCUT2D eigenvalue weighted by molar-refractivity contribution is -0.126. The molecule has 1 atom stereocenters. The minimum Gasteiger partial charge on any atom is -0.471 e. The van der Waals surface area contributed by atoms with Crippen LogP contribution in [0.25, 0.3) is 0 Å². The molecule has 54 valence electrons. The van der Waals surface area contributed by atoms with Crippen LogP contribution in [-0.4, -0.2) is 26.2 Å². The van der Waals surface area contributed by atoms with Crippen LogP contribution in [0.1, 0.15) is 13.3 Å². The predicted molar refractivity (Wildman–Crippen MR) is 35.2 cm³/mol. The summed E-state index contributed by atoms with van der Waals surface area (Å²) < 4.78 is 3.86. The van der Waals surface area contributed by atoms with Crippen molar-refractivity contribution in [3.8, 4) is 0 Å². The average molecular weight is 131 g/mol. The number of carbonyl (C=O) groups is 1. The topological polar surface area (TPSA) is 38.3 Å². The van der Waals surface area contributed by atoms with E-state index in [0.29, 0.717) is 6.47 Å². The zero-order valence-electron chi connectivity index (χ0n) is 5.89. The maximum Gasteiger partial charge on any atom is 0.292 e. The van der Waals surface area contributed by atoms with Gasteiger partial charge in [0.2, 0.25) is 0 Å². The third-order valence-corrected chi connectivity index (χ3v) is 1.17. The highest BCUT2D eigenvalue weighted by Crippen LogP contribution is 1.96. The largest absolute Gasteiger partial charge is 0.471 e. The van der Waals surface area contributed by atoms with Crippen molar-refractivity contribution >= 4 is 6.47 Å². The Morgan fingerprint density at radius 3 is 2.11 bits per heavy atom. The third-order valence-electron chi connectivity index (χ3n) is 1.17. The number of ether oxygens (including phenoxy) is 1. The molecular weight excluding hydrogens is 118 g/mol. The number of carbonyl (C=O) groups excluding carboxylic acids is 1. The van der Waals surface area contributed by atoms with Crippen LogP contribution in [0.5, 0.6) is 0 Å². The van der Waals surface area contributed by atoms with Gasteiger partial charge in [-0.2, -0.15) is 0 Å². The van der Waals surface area contributed by atoms with Gasteiger partial charge in [0.1, 0.15) is 0 Å². The van der Waals surface area contributed by atoms with Gasteiger partial charge in [-0.1, -0.05) is 0 Å². The van der Waals surface area contributed by atoms with E-state index in [0.717, 1.165) is 6.04 Å². The third kappa shape index (κ3) is 5.30. The molecule has 0 bridgehead atoms. The molecule has 0 aliphatic carbocycles. The van der Waals surface area contributed by atoms with Crippen molar-refractivity contribution in [2.45, 2.75) is 19.4 Å². The zero-order valence-corrected chi connectivity index (χ0v) is 5.89. The molecule has 1 saturated heterocycles. The van der Waals surface area contributed by atoms with Crippen LogP contribution in [0.3, 0.4) is 0 Å². The molecule has 9 heavy (non-hydrogen) atoms. The lowest BCUT2D eigenvalue weighted by Crippen LogP contribution is -2.39. The summed E-state index contributed by atoms with van der Waals surface area (Å²) >= 11 is 0. The van der Waals surface area contributed by atoms with E-state index in [1.807, 2.05) is 0 Å². The van der Waals surface area contributed by atoms with Crippen LogP contribution in [0, 0.1) is 0 Å². The molecule has 1 aliphatic heterocycles. The Balaban J connectivity index is 0.000000148. The first-order valence-electron chi connectivity index (χ1n) is 3.01. The van der Waals surface area contributed by atoms with Gasteiger partial charge in [0, 0.05) is 6.04 Å². The molecule has 0 amide bonds. The average Bonchev–Trinajstić information content (AvgIpc) is 1.84. The molecule has 1 aliphatic rings. The van der Waals surface area contributed by atoms with Crippen LogP contribution in [0.2, 0.25) is 0 Å². The fourth-order valence-electron chi connectivity index (χ4n) is 0.433. The van der Waals surface area contributed by atoms with Crippen molar-refractivity contribution in [3.05, 3.63) is 0 Å². The van der Waals surface area contributed by atoms with Gasteiger partial charge in [-0.25, -0.2) is 0 Å². The van der Waals surface area contributed by atoms with Gasteiger partial charge >= 0.3 is 0 Å². The van der Waals surface area contributed by atoms with Crippen molar-refractivity contribution in [2.75, 3.05) is 13.7 Å².